The van der Waals surface area contributed by atoms with E-state index in [9.17, 15) is 0 Å². The van der Waals surface area contributed by atoms with Crippen LogP contribution in [0, 0.1) is 5.92 Å². The maximum absolute atomic E-state index is 8.96. The average molecular weight is 237 g/mol. The third-order valence-electron chi connectivity index (χ3n) is 2.84. The summed E-state index contributed by atoms with van der Waals surface area (Å²) in [6.07, 6.45) is 8.69. The van der Waals surface area contributed by atoms with Crippen molar-refractivity contribution in [3.8, 4) is 0 Å². The quantitative estimate of drug-likeness (QED) is 0.689. The van der Waals surface area contributed by atoms with Crippen LogP contribution in [0.1, 0.15) is 31.7 Å². The zero-order valence-electron chi connectivity index (χ0n) is 10.6. The van der Waals surface area contributed by atoms with Gasteiger partial charge in [-0.25, -0.2) is 4.68 Å². The van der Waals surface area contributed by atoms with E-state index in [1.54, 1.807) is 10.9 Å². The van der Waals surface area contributed by atoms with Gasteiger partial charge in [-0.3, -0.25) is 0 Å². The van der Waals surface area contributed by atoms with Crippen molar-refractivity contribution in [1.82, 2.24) is 15.1 Å². The third-order valence-corrected chi connectivity index (χ3v) is 2.84. The number of aliphatic hydroxyl groups excluding tert-OH is 1. The minimum atomic E-state index is 0.279. The second-order valence-electron chi connectivity index (χ2n) is 4.31. The summed E-state index contributed by atoms with van der Waals surface area (Å²) in [5.41, 5.74) is 1.16. The molecule has 2 N–H and O–H groups in total. The van der Waals surface area contributed by atoms with Crippen LogP contribution < -0.4 is 5.32 Å². The fourth-order valence-electron chi connectivity index (χ4n) is 1.93. The number of rotatable bonds is 9. The maximum Gasteiger partial charge on any atom is 0.0538 e. The molecule has 4 nitrogen and oxygen atoms in total. The van der Waals surface area contributed by atoms with Crippen molar-refractivity contribution in [2.75, 3.05) is 13.2 Å². The summed E-state index contributed by atoms with van der Waals surface area (Å²) in [5, 5.41) is 16.5. The molecule has 1 atom stereocenters. The van der Waals surface area contributed by atoms with Gasteiger partial charge in [0, 0.05) is 31.1 Å². The number of nitrogens with one attached hydrogen (secondary N) is 1. The van der Waals surface area contributed by atoms with Crippen LogP contribution in [0.3, 0.4) is 0 Å². The zero-order chi connectivity index (χ0) is 12.5. The lowest BCUT2D eigenvalue weighted by Gasteiger charge is -2.15. The first-order chi connectivity index (χ1) is 8.30. The van der Waals surface area contributed by atoms with Crippen LogP contribution in [-0.4, -0.2) is 28.0 Å². The first-order valence-corrected chi connectivity index (χ1v) is 6.27. The van der Waals surface area contributed by atoms with Crippen LogP contribution in [0.5, 0.6) is 0 Å². The summed E-state index contributed by atoms with van der Waals surface area (Å²) in [5.74, 6) is 0.569. The zero-order valence-corrected chi connectivity index (χ0v) is 10.6. The van der Waals surface area contributed by atoms with Gasteiger partial charge >= 0.3 is 0 Å². The van der Waals surface area contributed by atoms with Crippen LogP contribution in [0.15, 0.2) is 19.0 Å². The summed E-state index contributed by atoms with van der Waals surface area (Å²) in [7, 11) is 0. The molecular weight excluding hydrogens is 214 g/mol. The molecule has 1 aromatic rings. The molecular formula is C13H23N3O. The molecule has 0 saturated carbocycles. The van der Waals surface area contributed by atoms with Crippen molar-refractivity contribution < 1.29 is 5.11 Å². The van der Waals surface area contributed by atoms with E-state index in [2.05, 4.69) is 23.9 Å². The Balaban J connectivity index is 2.27. The van der Waals surface area contributed by atoms with Crippen LogP contribution >= 0.6 is 0 Å². The number of nitrogens with zero attached hydrogens (tertiary/aromatic N) is 2. The van der Waals surface area contributed by atoms with Crippen molar-refractivity contribution in [2.24, 2.45) is 5.92 Å². The van der Waals surface area contributed by atoms with Gasteiger partial charge < -0.3 is 10.4 Å². The number of hydrogen-bond acceptors (Lipinski definition) is 3. The second kappa shape index (κ2) is 8.03. The van der Waals surface area contributed by atoms with Gasteiger partial charge in [0.2, 0.25) is 0 Å². The van der Waals surface area contributed by atoms with Gasteiger partial charge in [-0.1, -0.05) is 19.9 Å². The Morgan fingerprint density at radius 1 is 1.59 bits per heavy atom. The summed E-state index contributed by atoms with van der Waals surface area (Å²) < 4.78 is 1.70. The molecule has 0 aliphatic carbocycles. The van der Waals surface area contributed by atoms with Crippen molar-refractivity contribution >= 4 is 6.20 Å². The number of aliphatic hydroxyl groups is 1. The molecule has 0 radical (unpaired) electrons. The lowest BCUT2D eigenvalue weighted by Crippen LogP contribution is -2.23. The molecule has 1 aromatic heterocycles. The Hall–Kier alpha value is -1.13. The van der Waals surface area contributed by atoms with Gasteiger partial charge in [-0.15, -0.1) is 0 Å². The van der Waals surface area contributed by atoms with E-state index in [1.807, 2.05) is 12.4 Å². The van der Waals surface area contributed by atoms with E-state index in [4.69, 9.17) is 5.11 Å². The first-order valence-electron chi connectivity index (χ1n) is 6.27. The summed E-state index contributed by atoms with van der Waals surface area (Å²) in [4.78, 5) is 0. The van der Waals surface area contributed by atoms with E-state index in [0.29, 0.717) is 5.92 Å². The van der Waals surface area contributed by atoms with Gasteiger partial charge in [-0.05, 0) is 25.3 Å². The SMILES string of the molecule is C=Cn1cc(CNCC(CCC)CCO)cn1. The van der Waals surface area contributed by atoms with Gasteiger partial charge in [0.05, 0.1) is 6.20 Å². The molecule has 1 heterocycles. The first kappa shape index (κ1) is 13.9. The molecule has 96 valence electrons. The minimum Gasteiger partial charge on any atom is -0.396 e. The van der Waals surface area contributed by atoms with E-state index < -0.39 is 0 Å². The fraction of sp³-hybridized carbons (Fsp3) is 0.615. The molecule has 0 saturated heterocycles. The minimum absolute atomic E-state index is 0.279. The van der Waals surface area contributed by atoms with E-state index in [0.717, 1.165) is 25.1 Å². The lowest BCUT2D eigenvalue weighted by molar-refractivity contribution is 0.248. The van der Waals surface area contributed by atoms with Crippen molar-refractivity contribution in [2.45, 2.75) is 32.7 Å². The molecule has 0 aromatic carbocycles. The molecule has 0 fully saturated rings. The van der Waals surface area contributed by atoms with Crippen molar-refractivity contribution in [1.29, 1.82) is 0 Å². The molecule has 0 bridgehead atoms. The van der Waals surface area contributed by atoms with E-state index >= 15 is 0 Å². The molecule has 0 spiro atoms. The van der Waals surface area contributed by atoms with Crippen molar-refractivity contribution in [3.63, 3.8) is 0 Å². The fourth-order valence-corrected chi connectivity index (χ4v) is 1.93. The predicted molar refractivity (Wildman–Crippen MR) is 70.4 cm³/mol. The lowest BCUT2D eigenvalue weighted by atomic mass is 10.0. The molecule has 1 rings (SSSR count). The average Bonchev–Trinajstić information content (AvgIpc) is 2.77. The van der Waals surface area contributed by atoms with Crippen LogP contribution in [0.2, 0.25) is 0 Å². The molecule has 0 aliphatic rings. The Kier molecular flexibility index (Phi) is 6.58. The largest absolute Gasteiger partial charge is 0.396 e. The molecule has 0 amide bonds. The molecule has 0 aliphatic heterocycles. The molecule has 17 heavy (non-hydrogen) atoms. The maximum atomic E-state index is 8.96. The van der Waals surface area contributed by atoms with Crippen LogP contribution in [-0.2, 0) is 6.54 Å². The Morgan fingerprint density at radius 2 is 2.41 bits per heavy atom. The van der Waals surface area contributed by atoms with E-state index in [-0.39, 0.29) is 6.61 Å². The van der Waals surface area contributed by atoms with Gasteiger partial charge in [0.1, 0.15) is 0 Å². The Bertz CT molecular complexity index is 316. The second-order valence-corrected chi connectivity index (χ2v) is 4.31. The molecule has 1 unspecified atom stereocenters. The highest BCUT2D eigenvalue weighted by molar-refractivity contribution is 5.17. The van der Waals surface area contributed by atoms with Gasteiger partial charge in [0.15, 0.2) is 0 Å². The predicted octanol–water partition coefficient (Wildman–Crippen LogP) is 1.87. The Morgan fingerprint density at radius 3 is 3.00 bits per heavy atom. The topological polar surface area (TPSA) is 50.1 Å². The number of aromatic nitrogens is 2. The summed E-state index contributed by atoms with van der Waals surface area (Å²) in [6, 6.07) is 0. The summed E-state index contributed by atoms with van der Waals surface area (Å²) >= 11 is 0. The Labute approximate surface area is 103 Å². The van der Waals surface area contributed by atoms with E-state index in [1.165, 1.54) is 12.8 Å². The normalized spacial score (nSPS) is 12.6. The van der Waals surface area contributed by atoms with Crippen molar-refractivity contribution in [3.05, 3.63) is 24.5 Å². The van der Waals surface area contributed by atoms with Gasteiger partial charge in [-0.2, -0.15) is 5.10 Å². The monoisotopic (exact) mass is 237 g/mol. The standard InChI is InChI=1S/C13H23N3O/c1-3-5-12(6-7-17)8-14-9-13-10-15-16(4-2)11-13/h4,10-12,14,17H,2-3,5-9H2,1H3. The van der Waals surface area contributed by atoms with Crippen LogP contribution in [0.4, 0.5) is 0 Å². The smallest absolute Gasteiger partial charge is 0.0538 e. The highest BCUT2D eigenvalue weighted by Gasteiger charge is 2.06. The van der Waals surface area contributed by atoms with Gasteiger partial charge in [0.25, 0.3) is 0 Å². The van der Waals surface area contributed by atoms with Crippen LogP contribution in [0.25, 0.3) is 6.20 Å². The number of hydrogen-bond donors (Lipinski definition) is 2. The third kappa shape index (κ3) is 5.15. The highest BCUT2D eigenvalue weighted by Crippen LogP contribution is 2.09. The highest BCUT2D eigenvalue weighted by atomic mass is 16.3. The summed E-state index contributed by atoms with van der Waals surface area (Å²) in [6.45, 7) is 7.88. The molecule has 4 heteroatoms.